The number of H-pyrrole nitrogens is 1. The Morgan fingerprint density at radius 2 is 1.50 bits per heavy atom. The fraction of sp³-hybridized carbons (Fsp3) is 0.0385. The van der Waals surface area contributed by atoms with Gasteiger partial charge in [0.05, 0.1) is 11.4 Å². The molecule has 0 saturated carbocycles. The van der Waals surface area contributed by atoms with Crippen LogP contribution in [0.3, 0.4) is 0 Å². The van der Waals surface area contributed by atoms with E-state index in [0.717, 1.165) is 9.47 Å². The molecule has 1 aliphatic rings. The fourth-order valence-corrected chi connectivity index (χ4v) is 3.48. The van der Waals surface area contributed by atoms with Crippen molar-refractivity contribution < 1.29 is 19.5 Å². The Morgan fingerprint density at radius 3 is 2.14 bits per heavy atom. The zero-order chi connectivity index (χ0) is 25.8. The van der Waals surface area contributed by atoms with Gasteiger partial charge in [-0.25, -0.2) is 19.1 Å². The minimum atomic E-state index is -0.850. The molecule has 0 radical (unpaired) electrons. The van der Waals surface area contributed by atoms with Gasteiger partial charge in [-0.3, -0.25) is 24.7 Å². The predicted molar refractivity (Wildman–Crippen MR) is 133 cm³/mol. The maximum Gasteiger partial charge on any atom is 0.335 e. The normalized spacial score (nSPS) is 15.6. The molecular weight excluding hydrogens is 464 g/mol. The molecule has 0 spiro atoms. The number of hydrogen-bond acceptors (Lipinski definition) is 6. The number of allylic oxidation sites excluding steroid dienone is 4. The molecule has 1 aromatic heterocycles. The van der Waals surface area contributed by atoms with Crippen LogP contribution >= 0.6 is 0 Å². The number of nitrogens with one attached hydrogen (secondary N) is 2. The number of anilines is 1. The summed E-state index contributed by atoms with van der Waals surface area (Å²) in [6, 6.07) is 15.6. The monoisotopic (exact) mass is 484 g/mol. The molecule has 0 aliphatic carbocycles. The molecule has 0 bridgehead atoms. The molecule has 3 N–H and O–H groups in total. The number of urea groups is 1. The Hall–Kier alpha value is -5.25. The summed E-state index contributed by atoms with van der Waals surface area (Å²) in [5.41, 5.74) is -0.828. The first-order valence-electron chi connectivity index (χ1n) is 10.7. The largest absolute Gasteiger partial charge is 0.494 e. The number of barbiturate groups is 1. The van der Waals surface area contributed by atoms with E-state index >= 15 is 0 Å². The van der Waals surface area contributed by atoms with Crippen LogP contribution in [-0.2, 0) is 9.59 Å². The van der Waals surface area contributed by atoms with Crippen LogP contribution in [0.4, 0.5) is 10.5 Å². The smallest absolute Gasteiger partial charge is 0.335 e. The van der Waals surface area contributed by atoms with E-state index in [1.54, 1.807) is 67.6 Å². The van der Waals surface area contributed by atoms with Crippen molar-refractivity contribution in [3.8, 4) is 11.6 Å². The van der Waals surface area contributed by atoms with Gasteiger partial charge in [-0.05, 0) is 43.3 Å². The topological polar surface area (TPSA) is 142 Å². The fourth-order valence-electron chi connectivity index (χ4n) is 3.48. The molecule has 1 fully saturated rings. The zero-order valence-electron chi connectivity index (χ0n) is 19.0. The maximum atomic E-state index is 12.8. The van der Waals surface area contributed by atoms with E-state index in [2.05, 4.69) is 10.3 Å². The predicted octanol–water partition coefficient (Wildman–Crippen LogP) is 2.40. The first-order chi connectivity index (χ1) is 17.3. The summed E-state index contributed by atoms with van der Waals surface area (Å²) in [6.45, 7) is 1.64. The molecule has 1 aliphatic heterocycles. The molecule has 4 amide bonds. The van der Waals surface area contributed by atoms with Crippen molar-refractivity contribution in [2.75, 3.05) is 4.90 Å². The lowest BCUT2D eigenvalue weighted by atomic mass is 10.1. The van der Waals surface area contributed by atoms with E-state index in [9.17, 15) is 29.1 Å². The van der Waals surface area contributed by atoms with Crippen molar-refractivity contribution in [3.05, 3.63) is 116 Å². The third-order valence-corrected chi connectivity index (χ3v) is 5.28. The highest BCUT2D eigenvalue weighted by Gasteiger charge is 2.36. The van der Waals surface area contributed by atoms with Gasteiger partial charge in [-0.2, -0.15) is 0 Å². The SMILES string of the molecule is CC(/C=C/c1c(O)n(-c2ccccc2)c(=O)[nH]c1=O)=C\C=C1/C(=O)NC(=O)N(c2ccccc2)C1=O. The number of rotatable bonds is 5. The number of aromatic hydroxyl groups is 1. The second kappa shape index (κ2) is 9.94. The molecule has 36 heavy (non-hydrogen) atoms. The highest BCUT2D eigenvalue weighted by molar-refractivity contribution is 6.37. The van der Waals surface area contributed by atoms with Crippen molar-refractivity contribution in [2.24, 2.45) is 0 Å². The van der Waals surface area contributed by atoms with Gasteiger partial charge in [0.25, 0.3) is 17.4 Å². The maximum absolute atomic E-state index is 12.8. The summed E-state index contributed by atoms with van der Waals surface area (Å²) in [5.74, 6) is -2.17. The number of nitrogens with zero attached hydrogens (tertiary/aromatic N) is 2. The third-order valence-electron chi connectivity index (χ3n) is 5.28. The van der Waals surface area contributed by atoms with Crippen LogP contribution in [-0.4, -0.2) is 32.5 Å². The Bertz CT molecular complexity index is 1560. The summed E-state index contributed by atoms with van der Waals surface area (Å²) in [4.78, 5) is 64.9. The van der Waals surface area contributed by atoms with Gasteiger partial charge in [0, 0.05) is 0 Å². The lowest BCUT2D eigenvalue weighted by molar-refractivity contribution is -0.122. The van der Waals surface area contributed by atoms with Crippen molar-refractivity contribution in [2.45, 2.75) is 6.92 Å². The second-order valence-corrected chi connectivity index (χ2v) is 7.73. The van der Waals surface area contributed by atoms with Gasteiger partial charge in [0.15, 0.2) is 0 Å². The van der Waals surface area contributed by atoms with Crippen LogP contribution in [0.5, 0.6) is 5.88 Å². The minimum Gasteiger partial charge on any atom is -0.494 e. The lowest BCUT2D eigenvalue weighted by Crippen LogP contribution is -2.54. The number of carbonyl (C=O) groups excluding carboxylic acids is 3. The number of para-hydroxylation sites is 2. The molecule has 3 aromatic rings. The molecule has 4 rings (SSSR count). The molecule has 10 nitrogen and oxygen atoms in total. The van der Waals surface area contributed by atoms with Gasteiger partial charge in [0.2, 0.25) is 5.88 Å². The van der Waals surface area contributed by atoms with Crippen LogP contribution in [0, 0.1) is 0 Å². The van der Waals surface area contributed by atoms with Gasteiger partial charge < -0.3 is 5.11 Å². The number of hydrogen-bond donors (Lipinski definition) is 3. The van der Waals surface area contributed by atoms with Crippen LogP contribution in [0.2, 0.25) is 0 Å². The number of aromatic nitrogens is 2. The third kappa shape index (κ3) is 4.68. The summed E-state index contributed by atoms with van der Waals surface area (Å²) >= 11 is 0. The van der Waals surface area contributed by atoms with E-state index in [4.69, 9.17) is 0 Å². The zero-order valence-corrected chi connectivity index (χ0v) is 19.0. The average molecular weight is 484 g/mol. The van der Waals surface area contributed by atoms with Crippen molar-refractivity contribution in [1.82, 2.24) is 14.9 Å². The number of carbonyl (C=O) groups is 3. The minimum absolute atomic E-state index is 0.161. The molecule has 1 saturated heterocycles. The molecule has 180 valence electrons. The van der Waals surface area contributed by atoms with Crippen LogP contribution in [0.1, 0.15) is 12.5 Å². The van der Waals surface area contributed by atoms with Crippen LogP contribution in [0.15, 0.2) is 99.6 Å². The first-order valence-corrected chi connectivity index (χ1v) is 10.7. The van der Waals surface area contributed by atoms with Gasteiger partial charge in [0.1, 0.15) is 11.1 Å². The summed E-state index contributed by atoms with van der Waals surface area (Å²) < 4.78 is 0.961. The number of aromatic amines is 1. The van der Waals surface area contributed by atoms with Gasteiger partial charge in [-0.1, -0.05) is 54.1 Å². The van der Waals surface area contributed by atoms with Crippen LogP contribution in [0.25, 0.3) is 11.8 Å². The Morgan fingerprint density at radius 1 is 0.889 bits per heavy atom. The number of amides is 4. The number of imide groups is 2. The quantitative estimate of drug-likeness (QED) is 0.288. The van der Waals surface area contributed by atoms with Crippen molar-refractivity contribution >= 4 is 29.6 Å². The van der Waals surface area contributed by atoms with Gasteiger partial charge >= 0.3 is 11.7 Å². The number of benzene rings is 2. The standard InChI is InChI=1S/C26H20N4O6/c1-16(12-14-19-21(31)27-25(35)29(23(19)33)17-8-4-2-5-9-17)13-15-20-22(32)28-26(36)30(24(20)34)18-10-6-3-7-11-18/h2-15,33H,1H3,(H,27,31,35)(H,28,32,36)/b14-12+,16-13+,20-15+. The average Bonchev–Trinajstić information content (AvgIpc) is 2.84. The van der Waals surface area contributed by atoms with Crippen molar-refractivity contribution in [1.29, 1.82) is 0 Å². The Labute approximate surface area is 204 Å². The highest BCUT2D eigenvalue weighted by Crippen LogP contribution is 2.21. The van der Waals surface area contributed by atoms with E-state index in [-0.39, 0.29) is 11.1 Å². The van der Waals surface area contributed by atoms with E-state index in [1.807, 2.05) is 0 Å². The second-order valence-electron chi connectivity index (χ2n) is 7.73. The van der Waals surface area contributed by atoms with Crippen molar-refractivity contribution in [3.63, 3.8) is 0 Å². The van der Waals surface area contributed by atoms with Crippen LogP contribution < -0.4 is 21.5 Å². The summed E-state index contributed by atoms with van der Waals surface area (Å²) in [5, 5.41) is 12.7. The summed E-state index contributed by atoms with van der Waals surface area (Å²) in [7, 11) is 0. The lowest BCUT2D eigenvalue weighted by Gasteiger charge is -2.26. The molecule has 0 unspecified atom stereocenters. The molecule has 2 heterocycles. The Balaban J connectivity index is 1.64. The molecule has 10 heteroatoms. The van der Waals surface area contributed by atoms with E-state index < -0.39 is 35.0 Å². The molecule has 2 aromatic carbocycles. The highest BCUT2D eigenvalue weighted by atomic mass is 16.3. The van der Waals surface area contributed by atoms with E-state index in [1.165, 1.54) is 24.3 Å². The molecule has 0 atom stereocenters. The summed E-state index contributed by atoms with van der Waals surface area (Å²) in [6.07, 6.45) is 5.47. The Kier molecular flexibility index (Phi) is 6.59. The molecular formula is C26H20N4O6. The first kappa shape index (κ1) is 23.9. The van der Waals surface area contributed by atoms with E-state index in [0.29, 0.717) is 16.9 Å². The van der Waals surface area contributed by atoms with Gasteiger partial charge in [-0.15, -0.1) is 0 Å².